The number of urea groups is 1. The van der Waals surface area contributed by atoms with Crippen molar-refractivity contribution in [2.75, 3.05) is 0 Å². The Morgan fingerprint density at radius 3 is 2.50 bits per heavy atom. The van der Waals surface area contributed by atoms with Crippen LogP contribution in [0.25, 0.3) is 0 Å². The number of carbonyl (C=O) groups excluding carboxylic acids is 1. The fraction of sp³-hybridized carbons (Fsp3) is 0.857. The summed E-state index contributed by atoms with van der Waals surface area (Å²) < 4.78 is 0. The minimum atomic E-state index is -0.382. The van der Waals surface area contributed by atoms with E-state index in [1.165, 1.54) is 19.3 Å². The zero-order valence-corrected chi connectivity index (χ0v) is 6.10. The Morgan fingerprint density at radius 1 is 1.40 bits per heavy atom. The molecular formula is C7H18N2O. The third-order valence-corrected chi connectivity index (χ3v) is 1.95. The molecule has 1 fully saturated rings. The van der Waals surface area contributed by atoms with E-state index in [1.54, 1.807) is 0 Å². The van der Waals surface area contributed by atoms with Crippen LogP contribution in [-0.2, 0) is 0 Å². The molecule has 3 nitrogen and oxygen atoms in total. The number of nitrogens with two attached hydrogens (primary N) is 1. The molecule has 1 rings (SSSR count). The van der Waals surface area contributed by atoms with E-state index in [1.807, 2.05) is 0 Å². The van der Waals surface area contributed by atoms with Crippen molar-refractivity contribution in [2.24, 2.45) is 5.73 Å². The summed E-state index contributed by atoms with van der Waals surface area (Å²) in [5.41, 5.74) is 4.97. The highest BCUT2D eigenvalue weighted by molar-refractivity contribution is 5.71. The predicted octanol–water partition coefficient (Wildman–Crippen LogP) is 1.48. The molecule has 3 N–H and O–H groups in total. The van der Waals surface area contributed by atoms with Crippen molar-refractivity contribution >= 4 is 6.03 Å². The van der Waals surface area contributed by atoms with Crippen LogP contribution in [-0.4, -0.2) is 12.1 Å². The lowest BCUT2D eigenvalue weighted by Gasteiger charge is -2.21. The van der Waals surface area contributed by atoms with Gasteiger partial charge in [-0.1, -0.05) is 19.3 Å². The summed E-state index contributed by atoms with van der Waals surface area (Å²) in [7, 11) is 0. The number of primary amides is 1. The average molecular weight is 146 g/mol. The first-order chi connectivity index (χ1) is 4.79. The van der Waals surface area contributed by atoms with Gasteiger partial charge < -0.3 is 11.1 Å². The molecule has 0 atom stereocenters. The smallest absolute Gasteiger partial charge is 0.312 e. The average Bonchev–Trinajstić information content (AvgIpc) is 1.88. The van der Waals surface area contributed by atoms with Gasteiger partial charge in [0.1, 0.15) is 0 Å². The van der Waals surface area contributed by atoms with Gasteiger partial charge in [0.25, 0.3) is 0 Å². The molecule has 0 aromatic carbocycles. The molecule has 0 bridgehead atoms. The van der Waals surface area contributed by atoms with E-state index in [4.69, 9.17) is 5.73 Å². The fourth-order valence-electron chi connectivity index (χ4n) is 1.45. The van der Waals surface area contributed by atoms with Gasteiger partial charge in [0.05, 0.1) is 0 Å². The first-order valence-corrected chi connectivity index (χ1v) is 3.85. The van der Waals surface area contributed by atoms with E-state index in [9.17, 15) is 4.79 Å². The van der Waals surface area contributed by atoms with Gasteiger partial charge in [0.15, 0.2) is 0 Å². The van der Waals surface area contributed by atoms with Gasteiger partial charge in [-0.3, -0.25) is 0 Å². The Hall–Kier alpha value is -0.730. The first kappa shape index (κ1) is 7.38. The summed E-state index contributed by atoms with van der Waals surface area (Å²) in [4.78, 5) is 10.4. The first-order valence-electron chi connectivity index (χ1n) is 3.85. The number of amides is 2. The standard InChI is InChI=1S/C7H14N2O.2H2/c8-7(10)9-6-4-2-1-3-5-6;;/h6H,1-5H2,(H3,8,9,10);2*1H. The van der Waals surface area contributed by atoms with E-state index >= 15 is 0 Å². The van der Waals surface area contributed by atoms with Crippen molar-refractivity contribution in [2.45, 2.75) is 38.1 Å². The molecule has 0 aromatic heterocycles. The molecule has 0 saturated heterocycles. The van der Waals surface area contributed by atoms with E-state index in [0.29, 0.717) is 6.04 Å². The highest BCUT2D eigenvalue weighted by Gasteiger charge is 2.13. The fourth-order valence-corrected chi connectivity index (χ4v) is 1.45. The second kappa shape index (κ2) is 3.44. The summed E-state index contributed by atoms with van der Waals surface area (Å²) in [5.74, 6) is 0. The lowest BCUT2D eigenvalue weighted by atomic mass is 9.96. The molecule has 0 heterocycles. The summed E-state index contributed by atoms with van der Waals surface area (Å²) in [6, 6.07) is -0.0295. The van der Waals surface area contributed by atoms with Gasteiger partial charge in [-0.2, -0.15) is 0 Å². The topological polar surface area (TPSA) is 55.1 Å². The van der Waals surface area contributed by atoms with Gasteiger partial charge >= 0.3 is 6.03 Å². The molecule has 1 saturated carbocycles. The molecule has 0 aliphatic heterocycles. The Morgan fingerprint density at radius 2 is 2.00 bits per heavy atom. The van der Waals surface area contributed by atoms with Crippen LogP contribution in [0.5, 0.6) is 0 Å². The quantitative estimate of drug-likeness (QED) is 0.578. The van der Waals surface area contributed by atoms with Crippen molar-refractivity contribution in [1.29, 1.82) is 0 Å². The molecule has 0 unspecified atom stereocenters. The summed E-state index contributed by atoms with van der Waals surface area (Å²) in [5, 5.41) is 2.72. The van der Waals surface area contributed by atoms with Crippen molar-refractivity contribution in [3.05, 3.63) is 0 Å². The highest BCUT2D eigenvalue weighted by atomic mass is 16.2. The third kappa shape index (κ3) is 2.25. The van der Waals surface area contributed by atoms with Crippen molar-refractivity contribution < 1.29 is 7.65 Å². The van der Waals surface area contributed by atoms with Crippen LogP contribution in [0, 0.1) is 0 Å². The molecule has 1 aliphatic carbocycles. The van der Waals surface area contributed by atoms with E-state index in [0.717, 1.165) is 12.8 Å². The number of nitrogens with one attached hydrogen (secondary N) is 1. The third-order valence-electron chi connectivity index (χ3n) is 1.95. The second-order valence-electron chi connectivity index (χ2n) is 2.84. The monoisotopic (exact) mass is 146 g/mol. The number of carbonyl (C=O) groups is 1. The van der Waals surface area contributed by atoms with E-state index < -0.39 is 0 Å². The minimum absolute atomic E-state index is 0. The van der Waals surface area contributed by atoms with Crippen molar-refractivity contribution in [1.82, 2.24) is 5.32 Å². The molecule has 2 amide bonds. The van der Waals surface area contributed by atoms with Gasteiger partial charge in [-0.15, -0.1) is 0 Å². The molecule has 3 heteroatoms. The summed E-state index contributed by atoms with van der Waals surface area (Å²) >= 11 is 0. The maximum atomic E-state index is 10.4. The second-order valence-corrected chi connectivity index (χ2v) is 2.84. The van der Waals surface area contributed by atoms with Crippen LogP contribution < -0.4 is 11.1 Å². The normalized spacial score (nSPS) is 20.4. The van der Waals surface area contributed by atoms with E-state index in [2.05, 4.69) is 5.32 Å². The lowest BCUT2D eigenvalue weighted by Crippen LogP contribution is -2.39. The van der Waals surface area contributed by atoms with Crippen LogP contribution in [0.4, 0.5) is 4.79 Å². The molecule has 0 radical (unpaired) electrons. The molecular weight excluding hydrogens is 128 g/mol. The van der Waals surface area contributed by atoms with Crippen LogP contribution in [0.15, 0.2) is 0 Å². The zero-order valence-electron chi connectivity index (χ0n) is 6.10. The van der Waals surface area contributed by atoms with Crippen LogP contribution in [0.1, 0.15) is 35.0 Å². The number of rotatable bonds is 1. The molecule has 62 valence electrons. The van der Waals surface area contributed by atoms with Crippen molar-refractivity contribution in [3.63, 3.8) is 0 Å². The van der Waals surface area contributed by atoms with Gasteiger partial charge in [0, 0.05) is 8.90 Å². The Bertz CT molecular complexity index is 127. The largest absolute Gasteiger partial charge is 0.352 e. The van der Waals surface area contributed by atoms with Crippen LogP contribution in [0.3, 0.4) is 0 Å². The van der Waals surface area contributed by atoms with Gasteiger partial charge in [0.2, 0.25) is 0 Å². The van der Waals surface area contributed by atoms with Crippen LogP contribution in [0.2, 0.25) is 0 Å². The highest BCUT2D eigenvalue weighted by Crippen LogP contribution is 2.16. The van der Waals surface area contributed by atoms with Crippen LogP contribution >= 0.6 is 0 Å². The van der Waals surface area contributed by atoms with Crippen molar-refractivity contribution in [3.8, 4) is 0 Å². The molecule has 0 aromatic rings. The van der Waals surface area contributed by atoms with Gasteiger partial charge in [-0.25, -0.2) is 4.79 Å². The molecule has 10 heavy (non-hydrogen) atoms. The zero-order chi connectivity index (χ0) is 7.40. The number of hydrogen-bond donors (Lipinski definition) is 2. The number of hydrogen-bond acceptors (Lipinski definition) is 1. The Kier molecular flexibility index (Phi) is 2.54. The van der Waals surface area contributed by atoms with E-state index in [-0.39, 0.29) is 8.88 Å². The SMILES string of the molecule is NC(=O)NC1CCCCC1.[HH].[HH]. The molecule has 0 spiro atoms. The maximum absolute atomic E-state index is 10.4. The minimum Gasteiger partial charge on any atom is -0.352 e. The Balaban J connectivity index is 0. The maximum Gasteiger partial charge on any atom is 0.312 e. The Labute approximate surface area is 63.9 Å². The summed E-state index contributed by atoms with van der Waals surface area (Å²) in [6.07, 6.45) is 5.96. The summed E-state index contributed by atoms with van der Waals surface area (Å²) in [6.45, 7) is 0. The van der Waals surface area contributed by atoms with Gasteiger partial charge in [-0.05, 0) is 12.8 Å². The lowest BCUT2D eigenvalue weighted by molar-refractivity contribution is 0.241. The predicted molar refractivity (Wildman–Crippen MR) is 43.8 cm³/mol. The molecule has 1 aliphatic rings.